The maximum absolute atomic E-state index is 10.7. The molecule has 0 bridgehead atoms. The molecule has 244 valence electrons. The van der Waals surface area contributed by atoms with E-state index in [1.807, 2.05) is 9.80 Å². The van der Waals surface area contributed by atoms with Crippen molar-refractivity contribution >= 4 is 59.4 Å². The van der Waals surface area contributed by atoms with Gasteiger partial charge in [-0.05, 0) is 50.7 Å². The molecule has 2 aromatic carbocycles. The zero-order valence-corrected chi connectivity index (χ0v) is 26.7. The Morgan fingerprint density at radius 3 is 1.34 bits per heavy atom. The Balaban J connectivity index is 0.000000421. The first-order valence-corrected chi connectivity index (χ1v) is 14.0. The van der Waals surface area contributed by atoms with Crippen LogP contribution in [0.2, 0.25) is 0 Å². The molecular weight excluding hydrogens is 712 g/mol. The van der Waals surface area contributed by atoms with Crippen molar-refractivity contribution in [3.8, 4) is 11.5 Å². The molecule has 2 N–H and O–H groups in total. The summed E-state index contributed by atoms with van der Waals surface area (Å²) in [5.41, 5.74) is 0.226. The monoisotopic (exact) mass is 740 g/mol. The van der Waals surface area contributed by atoms with E-state index in [0.29, 0.717) is 10.3 Å². The summed E-state index contributed by atoms with van der Waals surface area (Å²) < 4.78 is 0. The second kappa shape index (κ2) is 19.8. The van der Waals surface area contributed by atoms with E-state index in [1.54, 1.807) is 0 Å². The Kier molecular flexibility index (Phi) is 17.4. The third-order valence-corrected chi connectivity index (χ3v) is 7.06. The van der Waals surface area contributed by atoms with E-state index in [1.165, 1.54) is 61.7 Å². The SMILES string of the molecule is O=[N+]([O-])c1ccc(O)c(/C=N/N=C(\[S-])N2CCCCC2)c1.O=[N+]([O-])c1ccc(O)c(/C=N/N=C(\[S-])N2CCCCC2)c1.[Cu+].[Cu+]. The number of aromatic hydroxyl groups is 2. The molecule has 18 heteroatoms. The molecule has 4 rings (SSSR count). The third kappa shape index (κ3) is 12.3. The summed E-state index contributed by atoms with van der Waals surface area (Å²) >= 11 is 10.3. The molecule has 0 radical (unpaired) electrons. The van der Waals surface area contributed by atoms with Crippen LogP contribution in [0.4, 0.5) is 11.4 Å². The summed E-state index contributed by atoms with van der Waals surface area (Å²) in [6, 6.07) is 7.42. The number of piperidine rings is 2. The van der Waals surface area contributed by atoms with Crippen molar-refractivity contribution in [2.45, 2.75) is 38.5 Å². The number of hydrogen-bond acceptors (Lipinski definition) is 12. The van der Waals surface area contributed by atoms with E-state index < -0.39 is 9.85 Å². The largest absolute Gasteiger partial charge is 1.00 e. The van der Waals surface area contributed by atoms with Crippen LogP contribution in [0.3, 0.4) is 0 Å². The number of phenols is 2. The standard InChI is InChI=1S/2C13H16N4O3S.2Cu/c2*18-12-5-4-11(17(19)20)8-10(12)9-14-15-13(21)16-6-2-1-3-7-16;;/h2*4-5,8-9,18H,1-3,6-7H2,(H,15,21);;/q;;2*+1/p-2/b2*14-9+;;. The maximum Gasteiger partial charge on any atom is 1.00 e. The molecule has 2 aliphatic rings. The van der Waals surface area contributed by atoms with E-state index in [-0.39, 0.29) is 68.1 Å². The van der Waals surface area contributed by atoms with Gasteiger partial charge in [-0.15, -0.1) is 0 Å². The molecule has 0 saturated carbocycles. The number of nitrogens with zero attached hydrogens (tertiary/aromatic N) is 8. The predicted molar refractivity (Wildman–Crippen MR) is 165 cm³/mol. The van der Waals surface area contributed by atoms with Gasteiger partial charge in [-0.3, -0.25) is 20.2 Å². The Morgan fingerprint density at radius 1 is 0.682 bits per heavy atom. The van der Waals surface area contributed by atoms with Gasteiger partial charge < -0.3 is 45.3 Å². The second-order valence-electron chi connectivity index (χ2n) is 9.35. The number of likely N-dealkylation sites (tertiary alicyclic amines) is 2. The summed E-state index contributed by atoms with van der Waals surface area (Å²) in [5.74, 6) is -0.188. The fourth-order valence-electron chi connectivity index (χ4n) is 4.10. The van der Waals surface area contributed by atoms with Crippen LogP contribution in [0.15, 0.2) is 56.8 Å². The number of benzene rings is 2. The van der Waals surface area contributed by atoms with Crippen molar-refractivity contribution in [3.63, 3.8) is 0 Å². The fraction of sp³-hybridized carbons (Fsp3) is 0.385. The average Bonchev–Trinajstić information content (AvgIpc) is 3.00. The van der Waals surface area contributed by atoms with Gasteiger partial charge in [0.05, 0.1) is 22.3 Å². The van der Waals surface area contributed by atoms with Crippen molar-refractivity contribution in [2.24, 2.45) is 20.4 Å². The van der Waals surface area contributed by atoms with Gasteiger partial charge in [0.15, 0.2) is 0 Å². The van der Waals surface area contributed by atoms with Crippen molar-refractivity contribution in [1.82, 2.24) is 9.80 Å². The Morgan fingerprint density at radius 2 is 1.02 bits per heavy atom. The van der Waals surface area contributed by atoms with Gasteiger partial charge in [-0.2, -0.15) is 20.4 Å². The van der Waals surface area contributed by atoms with Gasteiger partial charge in [0.1, 0.15) is 11.5 Å². The van der Waals surface area contributed by atoms with E-state index in [4.69, 9.17) is 25.3 Å². The van der Waals surface area contributed by atoms with Crippen molar-refractivity contribution < 1.29 is 54.2 Å². The Hall–Kier alpha value is -3.40. The van der Waals surface area contributed by atoms with Crippen molar-refractivity contribution in [1.29, 1.82) is 0 Å². The molecule has 0 aliphatic carbocycles. The van der Waals surface area contributed by atoms with E-state index in [9.17, 15) is 30.4 Å². The zero-order chi connectivity index (χ0) is 30.5. The van der Waals surface area contributed by atoms with Gasteiger partial charge >= 0.3 is 34.1 Å². The van der Waals surface area contributed by atoms with E-state index in [2.05, 4.69) is 20.4 Å². The molecule has 2 fully saturated rings. The molecule has 0 atom stereocenters. The molecule has 44 heavy (non-hydrogen) atoms. The Bertz CT molecular complexity index is 1280. The molecule has 0 unspecified atom stereocenters. The zero-order valence-electron chi connectivity index (χ0n) is 23.2. The summed E-state index contributed by atoms with van der Waals surface area (Å²) in [4.78, 5) is 24.2. The molecule has 0 spiro atoms. The van der Waals surface area contributed by atoms with Crippen LogP contribution in [-0.4, -0.2) is 78.8 Å². The number of non-ortho nitro benzene ring substituents is 2. The molecule has 14 nitrogen and oxygen atoms in total. The number of phenolic OH excluding ortho intramolecular Hbond substituents is 2. The fourth-order valence-corrected chi connectivity index (χ4v) is 4.55. The van der Waals surface area contributed by atoms with Crippen LogP contribution >= 0.6 is 0 Å². The minimum atomic E-state index is -0.535. The molecule has 2 aliphatic heterocycles. The van der Waals surface area contributed by atoms with Crippen LogP contribution in [0.1, 0.15) is 49.7 Å². The molecular formula is C26H30Cu2N8O6S2. The average molecular weight is 742 g/mol. The maximum atomic E-state index is 10.7. The van der Waals surface area contributed by atoms with Gasteiger partial charge in [0, 0.05) is 71.9 Å². The first kappa shape index (κ1) is 38.6. The predicted octanol–water partition coefficient (Wildman–Crippen LogP) is 4.04. The van der Waals surface area contributed by atoms with Gasteiger partial charge in [0.2, 0.25) is 0 Å². The number of nitro groups is 2. The molecule has 0 aromatic heterocycles. The van der Waals surface area contributed by atoms with Crippen LogP contribution < -0.4 is 0 Å². The summed E-state index contributed by atoms with van der Waals surface area (Å²) in [7, 11) is 0. The first-order valence-electron chi connectivity index (χ1n) is 13.2. The minimum Gasteiger partial charge on any atom is -0.741 e. The van der Waals surface area contributed by atoms with Gasteiger partial charge in [-0.25, -0.2) is 0 Å². The second-order valence-corrected chi connectivity index (χ2v) is 10.1. The first-order chi connectivity index (χ1) is 20.2. The van der Waals surface area contributed by atoms with Crippen LogP contribution in [0.5, 0.6) is 11.5 Å². The van der Waals surface area contributed by atoms with E-state index >= 15 is 0 Å². The van der Waals surface area contributed by atoms with Crippen LogP contribution in [0, 0.1) is 20.2 Å². The number of hydrogen-bond donors (Lipinski definition) is 2. The summed E-state index contributed by atoms with van der Waals surface area (Å²) in [5, 5.41) is 56.9. The quantitative estimate of drug-likeness (QED) is 0.110. The van der Waals surface area contributed by atoms with Gasteiger partial charge in [0.25, 0.3) is 11.4 Å². The van der Waals surface area contributed by atoms with Crippen molar-refractivity contribution in [2.75, 3.05) is 26.2 Å². The number of amidine groups is 2. The molecule has 0 amide bonds. The molecule has 2 aromatic rings. The number of rotatable bonds is 6. The minimum absolute atomic E-state index is 0. The Labute approximate surface area is 286 Å². The number of nitro benzene ring substituents is 2. The van der Waals surface area contributed by atoms with Gasteiger partial charge in [-0.1, -0.05) is 0 Å². The topological polar surface area (TPSA) is 183 Å². The summed E-state index contributed by atoms with van der Waals surface area (Å²) in [6.07, 6.45) is 9.28. The molecule has 2 saturated heterocycles. The van der Waals surface area contributed by atoms with Crippen LogP contribution in [-0.2, 0) is 59.4 Å². The smallest absolute Gasteiger partial charge is 0.741 e. The third-order valence-electron chi connectivity index (χ3n) is 6.38. The molecule has 2 heterocycles. The van der Waals surface area contributed by atoms with E-state index in [0.717, 1.165) is 51.9 Å². The van der Waals surface area contributed by atoms with Crippen molar-refractivity contribution in [3.05, 3.63) is 67.8 Å². The van der Waals surface area contributed by atoms with Crippen LogP contribution in [0.25, 0.3) is 0 Å². The summed E-state index contributed by atoms with van der Waals surface area (Å²) in [6.45, 7) is 3.50. The normalized spacial score (nSPS) is 15.6.